The van der Waals surface area contributed by atoms with Crippen molar-refractivity contribution in [1.29, 1.82) is 0 Å². The minimum absolute atomic E-state index is 0.132. The Kier molecular flexibility index (Phi) is 2.93. The van der Waals surface area contributed by atoms with Gasteiger partial charge < -0.3 is 4.57 Å². The van der Waals surface area contributed by atoms with Crippen LogP contribution >= 0.6 is 0 Å². The van der Waals surface area contributed by atoms with E-state index in [4.69, 9.17) is 4.98 Å². The number of rotatable bonds is 1. The van der Waals surface area contributed by atoms with Crippen molar-refractivity contribution in [2.24, 2.45) is 7.05 Å². The van der Waals surface area contributed by atoms with Gasteiger partial charge in [-0.15, -0.1) is 0 Å². The van der Waals surface area contributed by atoms with Gasteiger partial charge >= 0.3 is 0 Å². The summed E-state index contributed by atoms with van der Waals surface area (Å²) in [6.45, 7) is 0. The van der Waals surface area contributed by atoms with Crippen molar-refractivity contribution in [1.82, 2.24) is 19.1 Å². The summed E-state index contributed by atoms with van der Waals surface area (Å²) in [5, 5.41) is 1.10. The zero-order valence-corrected chi connectivity index (χ0v) is 13.8. The van der Waals surface area contributed by atoms with Crippen LogP contribution in [0.15, 0.2) is 29.6 Å². The maximum absolute atomic E-state index is 13.1. The summed E-state index contributed by atoms with van der Waals surface area (Å²) >= 11 is 0. The number of fused-ring (bicyclic) bond motifs is 5. The van der Waals surface area contributed by atoms with Crippen molar-refractivity contribution in [3.05, 3.63) is 46.4 Å². The summed E-state index contributed by atoms with van der Waals surface area (Å²) in [4.78, 5) is 22.4. The highest BCUT2D eigenvalue weighted by Gasteiger charge is 2.29. The molecule has 0 bridgehead atoms. The highest BCUT2D eigenvalue weighted by atomic mass is 16.1. The zero-order chi connectivity index (χ0) is 16.3. The molecule has 122 valence electrons. The molecule has 2 aliphatic rings. The van der Waals surface area contributed by atoms with E-state index in [9.17, 15) is 4.79 Å². The topological polar surface area (TPSA) is 52.7 Å². The summed E-state index contributed by atoms with van der Waals surface area (Å²) in [6, 6.07) is 2.37. The molecule has 1 fully saturated rings. The Morgan fingerprint density at radius 2 is 2.00 bits per heavy atom. The molecule has 5 heteroatoms. The van der Waals surface area contributed by atoms with E-state index >= 15 is 0 Å². The second kappa shape index (κ2) is 5.03. The van der Waals surface area contributed by atoms with Gasteiger partial charge in [0.2, 0.25) is 0 Å². The Hall–Kier alpha value is -2.43. The summed E-state index contributed by atoms with van der Waals surface area (Å²) in [5.74, 6) is 0. The first kappa shape index (κ1) is 14.0. The van der Waals surface area contributed by atoms with Gasteiger partial charge in [-0.05, 0) is 18.9 Å². The largest absolute Gasteiger partial charge is 0.350 e. The van der Waals surface area contributed by atoms with Crippen LogP contribution in [0.1, 0.15) is 49.4 Å². The zero-order valence-electron chi connectivity index (χ0n) is 13.8. The Balaban J connectivity index is 1.71. The van der Waals surface area contributed by atoms with Crippen LogP contribution in [0.2, 0.25) is 0 Å². The molecule has 0 unspecified atom stereocenters. The molecule has 0 atom stereocenters. The Labute approximate surface area is 140 Å². The number of aryl methyl sites for hydroxylation is 1. The van der Waals surface area contributed by atoms with E-state index in [-0.39, 0.29) is 5.56 Å². The van der Waals surface area contributed by atoms with E-state index in [1.165, 1.54) is 19.3 Å². The highest BCUT2D eigenvalue weighted by molar-refractivity contribution is 5.96. The second-order valence-corrected chi connectivity index (χ2v) is 7.06. The van der Waals surface area contributed by atoms with Gasteiger partial charge in [-0.3, -0.25) is 14.3 Å². The molecule has 24 heavy (non-hydrogen) atoms. The first-order valence-corrected chi connectivity index (χ1v) is 8.77. The third kappa shape index (κ3) is 1.84. The number of nitrogens with zero attached hydrogens (tertiary/aromatic N) is 4. The highest BCUT2D eigenvalue weighted by Crippen LogP contribution is 2.38. The molecule has 1 saturated carbocycles. The lowest BCUT2D eigenvalue weighted by molar-refractivity contribution is 0.343. The number of pyridine rings is 1. The molecule has 0 N–H and O–H groups in total. The summed E-state index contributed by atoms with van der Waals surface area (Å²) in [6.07, 6.45) is 12.2. The first-order chi connectivity index (χ1) is 11.7. The smallest absolute Gasteiger partial charge is 0.257 e. The fourth-order valence-electron chi connectivity index (χ4n) is 4.37. The Bertz CT molecular complexity index is 1010. The average Bonchev–Trinajstić information content (AvgIpc) is 3.17. The number of aromatic nitrogens is 4. The molecule has 0 amide bonds. The van der Waals surface area contributed by atoms with Crippen LogP contribution in [-0.4, -0.2) is 19.1 Å². The van der Waals surface area contributed by atoms with Crippen LogP contribution in [-0.2, 0) is 13.5 Å². The van der Waals surface area contributed by atoms with Gasteiger partial charge in [-0.25, -0.2) is 4.98 Å². The van der Waals surface area contributed by atoms with E-state index in [0.717, 1.165) is 46.3 Å². The molecule has 3 heterocycles. The SMILES string of the molecule is Cn1ccc2cnc3c(c21)-c1ncn(C2CCCCC2)c(=O)c1C3. The molecule has 3 aromatic rings. The van der Waals surface area contributed by atoms with Crippen molar-refractivity contribution in [3.63, 3.8) is 0 Å². The Morgan fingerprint density at radius 3 is 2.83 bits per heavy atom. The quantitative estimate of drug-likeness (QED) is 0.541. The fraction of sp³-hybridized carbons (Fsp3) is 0.421. The van der Waals surface area contributed by atoms with Gasteiger partial charge in [0.05, 0.1) is 23.2 Å². The van der Waals surface area contributed by atoms with Crippen LogP contribution in [0.3, 0.4) is 0 Å². The predicted octanol–water partition coefficient (Wildman–Crippen LogP) is 3.21. The van der Waals surface area contributed by atoms with Crippen LogP contribution in [0.5, 0.6) is 0 Å². The van der Waals surface area contributed by atoms with E-state index in [2.05, 4.69) is 15.6 Å². The third-order valence-electron chi connectivity index (χ3n) is 5.63. The lowest BCUT2D eigenvalue weighted by Crippen LogP contribution is -2.29. The normalized spacial score (nSPS) is 17.2. The molecule has 0 aliphatic heterocycles. The fourth-order valence-corrected chi connectivity index (χ4v) is 4.37. The number of hydrogen-bond donors (Lipinski definition) is 0. The van der Waals surface area contributed by atoms with Gasteiger partial charge in [-0.2, -0.15) is 0 Å². The minimum atomic E-state index is 0.132. The van der Waals surface area contributed by atoms with Crippen LogP contribution < -0.4 is 5.56 Å². The van der Waals surface area contributed by atoms with Gasteiger partial charge in [0.1, 0.15) is 0 Å². The maximum Gasteiger partial charge on any atom is 0.257 e. The first-order valence-electron chi connectivity index (χ1n) is 8.77. The Morgan fingerprint density at radius 1 is 1.17 bits per heavy atom. The second-order valence-electron chi connectivity index (χ2n) is 7.06. The van der Waals surface area contributed by atoms with Crippen molar-refractivity contribution in [3.8, 4) is 11.3 Å². The van der Waals surface area contributed by atoms with Crippen molar-refractivity contribution < 1.29 is 0 Å². The molecule has 5 rings (SSSR count). The summed E-state index contributed by atoms with van der Waals surface area (Å²) < 4.78 is 3.98. The molecule has 0 spiro atoms. The molecule has 3 aromatic heterocycles. The van der Waals surface area contributed by atoms with Crippen molar-refractivity contribution >= 4 is 10.9 Å². The van der Waals surface area contributed by atoms with Gasteiger partial charge in [0.15, 0.2) is 0 Å². The van der Waals surface area contributed by atoms with E-state index in [1.54, 1.807) is 6.33 Å². The average molecular weight is 320 g/mol. The van der Waals surface area contributed by atoms with E-state index in [1.807, 2.05) is 24.0 Å². The van der Waals surface area contributed by atoms with Crippen molar-refractivity contribution in [2.45, 2.75) is 44.6 Å². The van der Waals surface area contributed by atoms with Crippen LogP contribution in [0.4, 0.5) is 0 Å². The maximum atomic E-state index is 13.1. The minimum Gasteiger partial charge on any atom is -0.350 e. The van der Waals surface area contributed by atoms with Gasteiger partial charge in [-0.1, -0.05) is 19.3 Å². The van der Waals surface area contributed by atoms with E-state index in [0.29, 0.717) is 12.5 Å². The van der Waals surface area contributed by atoms with Crippen LogP contribution in [0.25, 0.3) is 22.2 Å². The molecular formula is C19H20N4O. The standard InChI is InChI=1S/C19H20N4O/c1-22-8-7-12-10-20-15-9-14-17(16(15)18(12)22)21-11-23(19(14)24)13-5-3-2-4-6-13/h7-8,10-11,13H,2-6,9H2,1H3. The molecule has 0 saturated heterocycles. The molecule has 5 nitrogen and oxygen atoms in total. The lowest BCUT2D eigenvalue weighted by atomic mass is 9.95. The molecular weight excluding hydrogens is 300 g/mol. The van der Waals surface area contributed by atoms with Crippen LogP contribution in [0, 0.1) is 0 Å². The third-order valence-corrected chi connectivity index (χ3v) is 5.63. The molecule has 2 aliphatic carbocycles. The summed E-state index contributed by atoms with van der Waals surface area (Å²) in [5.41, 5.74) is 4.93. The predicted molar refractivity (Wildman–Crippen MR) is 93.1 cm³/mol. The summed E-state index contributed by atoms with van der Waals surface area (Å²) in [7, 11) is 2.03. The molecule has 0 radical (unpaired) electrons. The molecule has 0 aromatic carbocycles. The van der Waals surface area contributed by atoms with E-state index < -0.39 is 0 Å². The lowest BCUT2D eigenvalue weighted by Gasteiger charge is -2.23. The van der Waals surface area contributed by atoms with Gasteiger partial charge in [0.25, 0.3) is 5.56 Å². The van der Waals surface area contributed by atoms with Crippen molar-refractivity contribution in [2.75, 3.05) is 0 Å². The monoisotopic (exact) mass is 320 g/mol. The number of hydrogen-bond acceptors (Lipinski definition) is 3. The van der Waals surface area contributed by atoms with Gasteiger partial charge in [0, 0.05) is 48.4 Å².